The highest BCUT2D eigenvalue weighted by Gasteiger charge is 2.45. The highest BCUT2D eigenvalue weighted by Crippen LogP contribution is 2.46. The Morgan fingerprint density at radius 2 is 1.95 bits per heavy atom. The molecular formula is C16H22N2O. The van der Waals surface area contributed by atoms with Crippen molar-refractivity contribution < 1.29 is 4.79 Å². The Hall–Kier alpha value is -1.35. The van der Waals surface area contributed by atoms with Crippen LogP contribution in [0.3, 0.4) is 0 Å². The Labute approximate surface area is 115 Å². The first-order valence-electron chi connectivity index (χ1n) is 7.26. The van der Waals surface area contributed by atoms with Crippen LogP contribution < -0.4 is 10.2 Å². The van der Waals surface area contributed by atoms with Crippen molar-refractivity contribution in [3.8, 4) is 0 Å². The van der Waals surface area contributed by atoms with Gasteiger partial charge in [0.25, 0.3) is 0 Å². The van der Waals surface area contributed by atoms with Gasteiger partial charge in [-0.05, 0) is 37.6 Å². The van der Waals surface area contributed by atoms with Crippen molar-refractivity contribution in [2.45, 2.75) is 32.1 Å². The molecule has 3 rings (SSSR count). The average molecular weight is 258 g/mol. The lowest BCUT2D eigenvalue weighted by Gasteiger charge is -2.34. The molecule has 0 aliphatic carbocycles. The molecule has 19 heavy (non-hydrogen) atoms. The van der Waals surface area contributed by atoms with Crippen molar-refractivity contribution in [2.75, 3.05) is 24.5 Å². The Bertz CT molecular complexity index is 489. The molecule has 0 aromatic heterocycles. The number of nitrogens with one attached hydrogen (secondary N) is 1. The molecule has 1 spiro atoms. The van der Waals surface area contributed by atoms with Crippen molar-refractivity contribution in [3.05, 3.63) is 29.8 Å². The maximum atomic E-state index is 12.4. The summed E-state index contributed by atoms with van der Waals surface area (Å²) in [5.41, 5.74) is 2.71. The second-order valence-corrected chi connectivity index (χ2v) is 6.13. The second kappa shape index (κ2) is 4.64. The highest BCUT2D eigenvalue weighted by atomic mass is 16.2. The molecule has 1 N–H and O–H groups in total. The third-order valence-electron chi connectivity index (χ3n) is 4.55. The number of hydrogen-bond acceptors (Lipinski definition) is 2. The lowest BCUT2D eigenvalue weighted by molar-refractivity contribution is -0.121. The Kier molecular flexibility index (Phi) is 3.09. The molecule has 3 nitrogen and oxygen atoms in total. The van der Waals surface area contributed by atoms with Gasteiger partial charge < -0.3 is 10.2 Å². The van der Waals surface area contributed by atoms with Crippen LogP contribution >= 0.6 is 0 Å². The zero-order valence-corrected chi connectivity index (χ0v) is 11.8. The van der Waals surface area contributed by atoms with E-state index in [1.165, 1.54) is 5.56 Å². The number of benzene rings is 1. The van der Waals surface area contributed by atoms with Gasteiger partial charge in [0, 0.05) is 23.6 Å². The minimum atomic E-state index is 0.0601. The second-order valence-electron chi connectivity index (χ2n) is 6.13. The SMILES string of the molecule is CC(C)C(=O)N1CC2(CCNCC2)c2ccccc21. The zero-order valence-electron chi connectivity index (χ0n) is 11.8. The van der Waals surface area contributed by atoms with Crippen LogP contribution in [0.2, 0.25) is 0 Å². The third kappa shape index (κ3) is 1.96. The minimum absolute atomic E-state index is 0.0601. The lowest BCUT2D eigenvalue weighted by Crippen LogP contribution is -2.45. The number of para-hydroxylation sites is 1. The Morgan fingerprint density at radius 1 is 1.26 bits per heavy atom. The summed E-state index contributed by atoms with van der Waals surface area (Å²) >= 11 is 0. The number of nitrogens with zero attached hydrogens (tertiary/aromatic N) is 1. The van der Waals surface area contributed by atoms with Crippen molar-refractivity contribution in [1.82, 2.24) is 5.32 Å². The number of amides is 1. The quantitative estimate of drug-likeness (QED) is 0.838. The molecule has 2 aliphatic rings. The van der Waals surface area contributed by atoms with Crippen molar-refractivity contribution in [2.24, 2.45) is 5.92 Å². The summed E-state index contributed by atoms with van der Waals surface area (Å²) in [5, 5.41) is 3.43. The fraction of sp³-hybridized carbons (Fsp3) is 0.562. The molecule has 1 saturated heterocycles. The van der Waals surface area contributed by atoms with Gasteiger partial charge in [0.1, 0.15) is 0 Å². The van der Waals surface area contributed by atoms with Crippen LogP contribution in [0.4, 0.5) is 5.69 Å². The van der Waals surface area contributed by atoms with Gasteiger partial charge in [0.15, 0.2) is 0 Å². The molecule has 102 valence electrons. The number of fused-ring (bicyclic) bond motifs is 2. The van der Waals surface area contributed by atoms with E-state index >= 15 is 0 Å². The number of carbonyl (C=O) groups excluding carboxylic acids is 1. The van der Waals surface area contributed by atoms with Crippen LogP contribution in [0.15, 0.2) is 24.3 Å². The van der Waals surface area contributed by atoms with Crippen LogP contribution in [0.1, 0.15) is 32.3 Å². The van der Waals surface area contributed by atoms with Crippen LogP contribution in [0, 0.1) is 5.92 Å². The van der Waals surface area contributed by atoms with E-state index in [9.17, 15) is 4.79 Å². The van der Waals surface area contributed by atoms with Crippen molar-refractivity contribution >= 4 is 11.6 Å². The van der Waals surface area contributed by atoms with Gasteiger partial charge in [-0.15, -0.1) is 0 Å². The van der Waals surface area contributed by atoms with Gasteiger partial charge >= 0.3 is 0 Å². The summed E-state index contributed by atoms with van der Waals surface area (Å²) in [7, 11) is 0. The summed E-state index contributed by atoms with van der Waals surface area (Å²) in [4.78, 5) is 14.5. The van der Waals surface area contributed by atoms with E-state index in [4.69, 9.17) is 0 Å². The maximum Gasteiger partial charge on any atom is 0.229 e. The van der Waals surface area contributed by atoms with Gasteiger partial charge in [-0.2, -0.15) is 0 Å². The van der Waals surface area contributed by atoms with Gasteiger partial charge in [0.05, 0.1) is 0 Å². The van der Waals surface area contributed by atoms with E-state index in [0.29, 0.717) is 0 Å². The molecule has 2 aliphatic heterocycles. The van der Waals surface area contributed by atoms with E-state index in [1.54, 1.807) is 0 Å². The molecule has 2 heterocycles. The maximum absolute atomic E-state index is 12.4. The number of piperidine rings is 1. The molecule has 1 amide bonds. The van der Waals surface area contributed by atoms with E-state index in [1.807, 2.05) is 24.8 Å². The molecule has 1 aromatic carbocycles. The predicted molar refractivity (Wildman–Crippen MR) is 77.4 cm³/mol. The first kappa shape index (κ1) is 12.7. The topological polar surface area (TPSA) is 32.3 Å². The van der Waals surface area contributed by atoms with E-state index < -0.39 is 0 Å². The fourth-order valence-electron chi connectivity index (χ4n) is 3.47. The summed E-state index contributed by atoms with van der Waals surface area (Å²) in [6, 6.07) is 8.46. The standard InChI is InChI=1S/C16H22N2O/c1-12(2)15(19)18-11-16(7-9-17-10-8-16)13-5-3-4-6-14(13)18/h3-6,12,17H,7-11H2,1-2H3. The fourth-order valence-corrected chi connectivity index (χ4v) is 3.47. The highest BCUT2D eigenvalue weighted by molar-refractivity contribution is 5.97. The van der Waals surface area contributed by atoms with Gasteiger partial charge in [-0.25, -0.2) is 0 Å². The van der Waals surface area contributed by atoms with Gasteiger partial charge in [-0.3, -0.25) is 4.79 Å². The summed E-state index contributed by atoms with van der Waals surface area (Å²) in [5.74, 6) is 0.313. The number of hydrogen-bond donors (Lipinski definition) is 1. The molecule has 0 atom stereocenters. The molecule has 0 saturated carbocycles. The molecular weight excluding hydrogens is 236 g/mol. The minimum Gasteiger partial charge on any atom is -0.317 e. The summed E-state index contributed by atoms with van der Waals surface area (Å²) in [6.45, 7) is 6.94. The number of rotatable bonds is 1. The summed E-state index contributed by atoms with van der Waals surface area (Å²) in [6.07, 6.45) is 2.26. The van der Waals surface area contributed by atoms with Crippen LogP contribution in [0.5, 0.6) is 0 Å². The van der Waals surface area contributed by atoms with E-state index in [-0.39, 0.29) is 17.2 Å². The van der Waals surface area contributed by atoms with Gasteiger partial charge in [-0.1, -0.05) is 32.0 Å². The smallest absolute Gasteiger partial charge is 0.229 e. The predicted octanol–water partition coefficient (Wildman–Crippen LogP) is 2.31. The van der Waals surface area contributed by atoms with E-state index in [0.717, 1.165) is 38.2 Å². The monoisotopic (exact) mass is 258 g/mol. The first-order valence-corrected chi connectivity index (χ1v) is 7.26. The third-order valence-corrected chi connectivity index (χ3v) is 4.55. The largest absolute Gasteiger partial charge is 0.317 e. The van der Waals surface area contributed by atoms with Crippen molar-refractivity contribution in [3.63, 3.8) is 0 Å². The summed E-state index contributed by atoms with van der Waals surface area (Å²) < 4.78 is 0. The van der Waals surface area contributed by atoms with Crippen molar-refractivity contribution in [1.29, 1.82) is 0 Å². The molecule has 0 radical (unpaired) electrons. The molecule has 1 fully saturated rings. The first-order chi connectivity index (χ1) is 9.14. The Morgan fingerprint density at radius 3 is 2.63 bits per heavy atom. The van der Waals surface area contributed by atoms with Crippen LogP contribution in [-0.2, 0) is 10.2 Å². The Balaban J connectivity index is 2.02. The molecule has 3 heteroatoms. The molecule has 0 bridgehead atoms. The van der Waals surface area contributed by atoms with E-state index in [2.05, 4.69) is 23.5 Å². The normalized spacial score (nSPS) is 20.9. The van der Waals surface area contributed by atoms with Crippen LogP contribution in [-0.4, -0.2) is 25.5 Å². The zero-order chi connectivity index (χ0) is 13.5. The lowest BCUT2D eigenvalue weighted by atomic mass is 9.75. The number of anilines is 1. The number of carbonyl (C=O) groups is 1. The molecule has 1 aromatic rings. The van der Waals surface area contributed by atoms with Gasteiger partial charge in [0.2, 0.25) is 5.91 Å². The molecule has 0 unspecified atom stereocenters. The average Bonchev–Trinajstić information content (AvgIpc) is 2.74. The van der Waals surface area contributed by atoms with Crippen LogP contribution in [0.25, 0.3) is 0 Å².